The lowest BCUT2D eigenvalue weighted by molar-refractivity contribution is 0.542. The van der Waals surface area contributed by atoms with Crippen LogP contribution in [0.25, 0.3) is 0 Å². The van der Waals surface area contributed by atoms with Crippen LogP contribution in [0.1, 0.15) is 31.2 Å². The predicted octanol–water partition coefficient (Wildman–Crippen LogP) is 2.14. The molecule has 1 aliphatic carbocycles. The fourth-order valence-electron chi connectivity index (χ4n) is 1.98. The van der Waals surface area contributed by atoms with Gasteiger partial charge in [-0.3, -0.25) is 4.68 Å². The average Bonchev–Trinajstić information content (AvgIpc) is 3.01. The fourth-order valence-corrected chi connectivity index (χ4v) is 2.19. The van der Waals surface area contributed by atoms with E-state index in [0.717, 1.165) is 29.4 Å². The second-order valence-electron chi connectivity index (χ2n) is 4.37. The molecule has 2 N–H and O–H groups in total. The van der Waals surface area contributed by atoms with Gasteiger partial charge in [0.15, 0.2) is 0 Å². The molecule has 1 aromatic heterocycles. The minimum atomic E-state index is 0.254. The molecular weight excluding hydrogens is 210 g/mol. The molecule has 15 heavy (non-hydrogen) atoms. The molecule has 0 saturated heterocycles. The van der Waals surface area contributed by atoms with Crippen LogP contribution in [0, 0.1) is 12.8 Å². The van der Waals surface area contributed by atoms with Crippen LogP contribution >= 0.6 is 11.6 Å². The summed E-state index contributed by atoms with van der Waals surface area (Å²) in [6.45, 7) is 4.88. The summed E-state index contributed by atoms with van der Waals surface area (Å²) >= 11 is 6.22. The zero-order chi connectivity index (χ0) is 11.0. The normalized spacial score (nSPS) is 18.1. The summed E-state index contributed by atoms with van der Waals surface area (Å²) in [5.74, 6) is 0.710. The van der Waals surface area contributed by atoms with Gasteiger partial charge < -0.3 is 5.73 Å². The van der Waals surface area contributed by atoms with Crippen LogP contribution in [0.3, 0.4) is 0 Å². The van der Waals surface area contributed by atoms with Crippen molar-refractivity contribution >= 4 is 11.6 Å². The Morgan fingerprint density at radius 2 is 2.27 bits per heavy atom. The highest BCUT2D eigenvalue weighted by molar-refractivity contribution is 6.31. The summed E-state index contributed by atoms with van der Waals surface area (Å²) in [6.07, 6.45) is 3.41. The highest BCUT2D eigenvalue weighted by atomic mass is 35.5. The van der Waals surface area contributed by atoms with Gasteiger partial charge in [-0.1, -0.05) is 11.6 Å². The van der Waals surface area contributed by atoms with E-state index in [1.54, 1.807) is 0 Å². The van der Waals surface area contributed by atoms with Gasteiger partial charge in [-0.25, -0.2) is 0 Å². The van der Waals surface area contributed by atoms with Gasteiger partial charge in [0.2, 0.25) is 0 Å². The number of hydrogen-bond donors (Lipinski definition) is 1. The molecule has 1 unspecified atom stereocenters. The Labute approximate surface area is 95.6 Å². The number of nitrogens with two attached hydrogens (primary N) is 1. The standard InChI is InChI=1S/C11H18ClN3/c1-3-15-10(11(12)7(2)14-15)6-9(13)8-4-5-8/h8-9H,3-6,13H2,1-2H3. The second kappa shape index (κ2) is 4.14. The maximum absolute atomic E-state index is 6.22. The number of aryl methyl sites for hydroxylation is 2. The monoisotopic (exact) mass is 227 g/mol. The molecule has 2 rings (SSSR count). The Balaban J connectivity index is 2.17. The van der Waals surface area contributed by atoms with Crippen LogP contribution in [-0.2, 0) is 13.0 Å². The zero-order valence-corrected chi connectivity index (χ0v) is 10.1. The molecule has 1 fully saturated rings. The molecule has 0 bridgehead atoms. The summed E-state index contributed by atoms with van der Waals surface area (Å²) in [4.78, 5) is 0. The van der Waals surface area contributed by atoms with Gasteiger partial charge in [-0.05, 0) is 32.6 Å². The third-order valence-corrected chi connectivity index (χ3v) is 3.60. The topological polar surface area (TPSA) is 43.8 Å². The molecule has 0 aromatic carbocycles. The molecule has 0 amide bonds. The van der Waals surface area contributed by atoms with Crippen LogP contribution in [0.15, 0.2) is 0 Å². The molecule has 1 saturated carbocycles. The highest BCUT2D eigenvalue weighted by Crippen LogP contribution is 2.34. The zero-order valence-electron chi connectivity index (χ0n) is 9.33. The van der Waals surface area contributed by atoms with Gasteiger partial charge in [0.1, 0.15) is 0 Å². The van der Waals surface area contributed by atoms with E-state index in [9.17, 15) is 0 Å². The molecule has 1 aliphatic rings. The predicted molar refractivity (Wildman–Crippen MR) is 62.1 cm³/mol. The Bertz CT molecular complexity index is 355. The SMILES string of the molecule is CCn1nc(C)c(Cl)c1CC(N)C1CC1. The van der Waals surface area contributed by atoms with Crippen LogP contribution in [0.4, 0.5) is 0 Å². The molecule has 1 aromatic rings. The average molecular weight is 228 g/mol. The van der Waals surface area contributed by atoms with E-state index in [4.69, 9.17) is 17.3 Å². The van der Waals surface area contributed by atoms with E-state index in [1.165, 1.54) is 12.8 Å². The first-order chi connectivity index (χ1) is 7.13. The summed E-state index contributed by atoms with van der Waals surface area (Å²) in [6, 6.07) is 0.254. The second-order valence-corrected chi connectivity index (χ2v) is 4.75. The number of halogens is 1. The van der Waals surface area contributed by atoms with Crippen molar-refractivity contribution in [2.75, 3.05) is 0 Å². The molecule has 1 atom stereocenters. The Morgan fingerprint density at radius 3 is 2.80 bits per heavy atom. The first-order valence-corrected chi connectivity index (χ1v) is 5.98. The summed E-state index contributed by atoms with van der Waals surface area (Å²) in [5, 5.41) is 5.19. The molecule has 4 heteroatoms. The van der Waals surface area contributed by atoms with E-state index in [-0.39, 0.29) is 6.04 Å². The smallest absolute Gasteiger partial charge is 0.0847 e. The molecule has 0 radical (unpaired) electrons. The largest absolute Gasteiger partial charge is 0.327 e. The Kier molecular flexibility index (Phi) is 3.03. The third kappa shape index (κ3) is 2.18. The number of aromatic nitrogens is 2. The van der Waals surface area contributed by atoms with E-state index in [1.807, 2.05) is 11.6 Å². The maximum Gasteiger partial charge on any atom is 0.0847 e. The van der Waals surface area contributed by atoms with Crippen LogP contribution < -0.4 is 5.73 Å². The van der Waals surface area contributed by atoms with Crippen LogP contribution in [0.5, 0.6) is 0 Å². The van der Waals surface area contributed by atoms with Gasteiger partial charge in [-0.2, -0.15) is 5.10 Å². The third-order valence-electron chi connectivity index (χ3n) is 3.11. The van der Waals surface area contributed by atoms with Crippen molar-refractivity contribution in [3.8, 4) is 0 Å². The lowest BCUT2D eigenvalue weighted by Crippen LogP contribution is -2.26. The van der Waals surface area contributed by atoms with Crippen molar-refractivity contribution in [2.45, 2.75) is 45.7 Å². The number of rotatable bonds is 4. The number of nitrogens with zero attached hydrogens (tertiary/aromatic N) is 2. The Morgan fingerprint density at radius 1 is 1.60 bits per heavy atom. The van der Waals surface area contributed by atoms with Gasteiger partial charge in [-0.15, -0.1) is 0 Å². The minimum Gasteiger partial charge on any atom is -0.327 e. The van der Waals surface area contributed by atoms with Gasteiger partial charge >= 0.3 is 0 Å². The molecule has 84 valence electrons. The fraction of sp³-hybridized carbons (Fsp3) is 0.727. The van der Waals surface area contributed by atoms with E-state index >= 15 is 0 Å². The number of hydrogen-bond acceptors (Lipinski definition) is 2. The van der Waals surface area contributed by atoms with Crippen LogP contribution in [0.2, 0.25) is 5.02 Å². The van der Waals surface area contributed by atoms with E-state index in [2.05, 4.69) is 12.0 Å². The van der Waals surface area contributed by atoms with Crippen molar-refractivity contribution in [3.63, 3.8) is 0 Å². The molecule has 0 spiro atoms. The lowest BCUT2D eigenvalue weighted by atomic mass is 10.1. The van der Waals surface area contributed by atoms with Crippen molar-refractivity contribution in [1.29, 1.82) is 0 Å². The maximum atomic E-state index is 6.22. The lowest BCUT2D eigenvalue weighted by Gasteiger charge is -2.11. The summed E-state index contributed by atoms with van der Waals surface area (Å²) in [5.41, 5.74) is 8.13. The first kappa shape index (κ1) is 11.0. The minimum absolute atomic E-state index is 0.254. The van der Waals surface area contributed by atoms with Gasteiger partial charge in [0, 0.05) is 19.0 Å². The molecule has 1 heterocycles. The van der Waals surface area contributed by atoms with Crippen molar-refractivity contribution in [1.82, 2.24) is 9.78 Å². The molecule has 3 nitrogen and oxygen atoms in total. The van der Waals surface area contributed by atoms with Gasteiger partial charge in [0.05, 0.1) is 16.4 Å². The molecular formula is C11H18ClN3. The summed E-state index contributed by atoms with van der Waals surface area (Å²) < 4.78 is 1.97. The Hall–Kier alpha value is -0.540. The first-order valence-electron chi connectivity index (χ1n) is 5.60. The van der Waals surface area contributed by atoms with E-state index in [0.29, 0.717) is 5.92 Å². The highest BCUT2D eigenvalue weighted by Gasteiger charge is 2.30. The van der Waals surface area contributed by atoms with Crippen molar-refractivity contribution < 1.29 is 0 Å². The quantitative estimate of drug-likeness (QED) is 0.857. The van der Waals surface area contributed by atoms with Crippen LogP contribution in [-0.4, -0.2) is 15.8 Å². The van der Waals surface area contributed by atoms with Crippen molar-refractivity contribution in [2.24, 2.45) is 11.7 Å². The van der Waals surface area contributed by atoms with Crippen molar-refractivity contribution in [3.05, 3.63) is 16.4 Å². The summed E-state index contributed by atoms with van der Waals surface area (Å²) in [7, 11) is 0. The van der Waals surface area contributed by atoms with Gasteiger partial charge in [0.25, 0.3) is 0 Å². The molecule has 0 aliphatic heterocycles. The van der Waals surface area contributed by atoms with E-state index < -0.39 is 0 Å².